The number of anilines is 1. The molecular weight excluding hydrogens is 267 g/mol. The Morgan fingerprint density at radius 3 is 3.12 bits per heavy atom. The molecule has 0 amide bonds. The van der Waals surface area contributed by atoms with Gasteiger partial charge in [-0.25, -0.2) is 0 Å². The van der Waals surface area contributed by atoms with Gasteiger partial charge in [0.25, 0.3) is 0 Å². The normalized spacial score (nSPS) is 10.1. The van der Waals surface area contributed by atoms with Crippen molar-refractivity contribution in [1.29, 1.82) is 0 Å². The van der Waals surface area contributed by atoms with Crippen molar-refractivity contribution in [3.05, 3.63) is 16.7 Å². The van der Waals surface area contributed by atoms with Crippen molar-refractivity contribution in [1.82, 2.24) is 4.98 Å². The molecule has 0 saturated carbocycles. The van der Waals surface area contributed by atoms with E-state index in [1.54, 1.807) is 6.07 Å². The number of ether oxygens (including phenoxy) is 1. The third kappa shape index (κ3) is 1.95. The average Bonchev–Trinajstić information content (AvgIpc) is 2.64. The molecule has 7 heteroatoms. The van der Waals surface area contributed by atoms with E-state index in [-0.39, 0.29) is 7.92 Å². The molecule has 0 aliphatic heterocycles. The molecule has 82 valence electrons. The summed E-state index contributed by atoms with van der Waals surface area (Å²) in [4.78, 5) is 4.14. The first-order valence-electron chi connectivity index (χ1n) is 4.22. The van der Waals surface area contributed by atoms with Gasteiger partial charge in [-0.15, -0.1) is 0 Å². The number of halogens is 1. The summed E-state index contributed by atoms with van der Waals surface area (Å²) in [7, 11) is -0.332. The summed E-state index contributed by atoms with van der Waals surface area (Å²) >= 11 is 7.37. The van der Waals surface area contributed by atoms with Crippen LogP contribution in [0.3, 0.4) is 0 Å². The molecule has 0 radical (unpaired) electrons. The molecule has 0 aliphatic carbocycles. The quantitative estimate of drug-likeness (QED) is 0.808. The Balaban J connectivity index is 2.76. The molecule has 4 nitrogen and oxygen atoms in total. The number of benzene rings is 1. The number of nitrogens with two attached hydrogens (primary N) is 1. The van der Waals surface area contributed by atoms with Crippen molar-refractivity contribution in [3.8, 4) is 11.6 Å². The number of thiazole rings is 1. The SMILES string of the molecule is Cc1c(Cl)cc(OC#P=O)c2nc(N)sc12. The molecule has 2 rings (SSSR count). The number of fused-ring (bicyclic) bond motifs is 1. The van der Waals surface area contributed by atoms with Gasteiger partial charge in [0, 0.05) is 0 Å². The first-order valence-corrected chi connectivity index (χ1v) is 6.23. The summed E-state index contributed by atoms with van der Waals surface area (Å²) in [5.41, 5.74) is 7.14. The number of nitrogens with zero attached hydrogens (tertiary/aromatic N) is 1. The van der Waals surface area contributed by atoms with Crippen LogP contribution in [0.5, 0.6) is 5.75 Å². The third-order valence-electron chi connectivity index (χ3n) is 2.03. The van der Waals surface area contributed by atoms with Crippen LogP contribution in [0, 0.1) is 12.7 Å². The van der Waals surface area contributed by atoms with E-state index in [1.807, 2.05) is 6.92 Å². The van der Waals surface area contributed by atoms with E-state index in [0.717, 1.165) is 10.3 Å². The third-order valence-corrected chi connectivity index (χ3v) is 3.59. The van der Waals surface area contributed by atoms with Gasteiger partial charge < -0.3 is 0 Å². The predicted molar refractivity (Wildman–Crippen MR) is 65.9 cm³/mol. The summed E-state index contributed by atoms with van der Waals surface area (Å²) < 4.78 is 16.2. The first-order chi connectivity index (χ1) is 7.63. The summed E-state index contributed by atoms with van der Waals surface area (Å²) in [5, 5.41) is 0.986. The van der Waals surface area contributed by atoms with Gasteiger partial charge in [-0.3, -0.25) is 0 Å². The van der Waals surface area contributed by atoms with Crippen molar-refractivity contribution in [2.45, 2.75) is 6.92 Å². The maximum atomic E-state index is 10.3. The van der Waals surface area contributed by atoms with Crippen LogP contribution in [0.25, 0.3) is 10.2 Å². The number of aromatic nitrogens is 1. The van der Waals surface area contributed by atoms with Gasteiger partial charge in [-0.1, -0.05) is 0 Å². The summed E-state index contributed by atoms with van der Waals surface area (Å²) in [6.07, 6.45) is 0. The summed E-state index contributed by atoms with van der Waals surface area (Å²) in [6.45, 7) is 1.88. The van der Waals surface area contributed by atoms with Crippen molar-refractivity contribution < 1.29 is 9.30 Å². The maximum absolute atomic E-state index is 10.3. The van der Waals surface area contributed by atoms with Crippen molar-refractivity contribution >= 4 is 46.2 Å². The van der Waals surface area contributed by atoms with Gasteiger partial charge in [0.05, 0.1) is 0 Å². The Bertz CT molecular complexity index is 665. The molecule has 0 aliphatic rings. The molecular formula is C9H6ClN2O2PS. The van der Waals surface area contributed by atoms with E-state index >= 15 is 0 Å². The second kappa shape index (κ2) is 4.48. The molecule has 2 N–H and O–H groups in total. The van der Waals surface area contributed by atoms with Crippen molar-refractivity contribution in [2.24, 2.45) is 0 Å². The zero-order valence-corrected chi connectivity index (χ0v) is 10.6. The summed E-state index contributed by atoms with van der Waals surface area (Å²) in [5.74, 6) is 2.60. The van der Waals surface area contributed by atoms with Gasteiger partial charge in [-0.2, -0.15) is 0 Å². The van der Waals surface area contributed by atoms with Crippen LogP contribution in [0.2, 0.25) is 5.02 Å². The van der Waals surface area contributed by atoms with Gasteiger partial charge in [0.2, 0.25) is 0 Å². The summed E-state index contributed by atoms with van der Waals surface area (Å²) in [6, 6.07) is 1.61. The second-order valence-corrected chi connectivity index (χ2v) is 4.80. The van der Waals surface area contributed by atoms with Gasteiger partial charge in [0.15, 0.2) is 0 Å². The average molecular weight is 273 g/mol. The van der Waals surface area contributed by atoms with E-state index < -0.39 is 0 Å². The van der Waals surface area contributed by atoms with Crippen molar-refractivity contribution in [2.75, 3.05) is 5.73 Å². The zero-order valence-electron chi connectivity index (χ0n) is 8.15. The number of nitrogen functional groups attached to an aromatic ring is 1. The fourth-order valence-corrected chi connectivity index (χ4v) is 2.54. The molecule has 0 spiro atoms. The zero-order chi connectivity index (χ0) is 11.7. The molecule has 0 saturated heterocycles. The van der Waals surface area contributed by atoms with Crippen LogP contribution in [0.4, 0.5) is 5.13 Å². The van der Waals surface area contributed by atoms with Gasteiger partial charge in [0.1, 0.15) is 0 Å². The van der Waals surface area contributed by atoms with Crippen LogP contribution in [-0.4, -0.2) is 4.98 Å². The Labute approximate surface area is 101 Å². The first kappa shape index (κ1) is 11.5. The van der Waals surface area contributed by atoms with E-state index in [9.17, 15) is 4.57 Å². The molecule has 0 atom stereocenters. The Morgan fingerprint density at radius 2 is 2.44 bits per heavy atom. The van der Waals surface area contributed by atoms with Crippen LogP contribution in [0.1, 0.15) is 5.56 Å². The number of hydrogen-bond donors (Lipinski definition) is 1. The van der Waals surface area contributed by atoms with Crippen LogP contribution < -0.4 is 10.5 Å². The van der Waals surface area contributed by atoms with Gasteiger partial charge >= 0.3 is 101 Å². The van der Waals surface area contributed by atoms with Crippen molar-refractivity contribution in [3.63, 3.8) is 0 Å². The van der Waals surface area contributed by atoms with Crippen LogP contribution >= 0.6 is 30.9 Å². The molecule has 1 heterocycles. The Morgan fingerprint density at radius 1 is 1.69 bits per heavy atom. The van der Waals surface area contributed by atoms with E-state index in [1.165, 1.54) is 11.3 Å². The van der Waals surface area contributed by atoms with E-state index in [0.29, 0.717) is 21.4 Å². The second-order valence-electron chi connectivity index (χ2n) is 3.00. The van der Waals surface area contributed by atoms with E-state index in [2.05, 4.69) is 10.8 Å². The number of rotatable bonds is 1. The Kier molecular flexibility index (Phi) is 3.22. The molecule has 0 fully saturated rings. The topological polar surface area (TPSA) is 65.2 Å². The molecule has 0 unspecified atom stereocenters. The number of hydrogen-bond acceptors (Lipinski definition) is 5. The molecule has 2 aromatic rings. The number of aryl methyl sites for hydroxylation is 1. The van der Waals surface area contributed by atoms with E-state index in [4.69, 9.17) is 22.1 Å². The standard InChI is InChI=1S/C9H6ClN2O2PS/c1-4-5(10)2-6(14-3-15-13)7-8(4)16-9(11)12-7/h2H,1H3,(H2,11,12). The minimum atomic E-state index is -0.332. The molecule has 0 bridgehead atoms. The Hall–Kier alpha value is -0.990. The minimum absolute atomic E-state index is 0.332. The molecule has 16 heavy (non-hydrogen) atoms. The fraction of sp³-hybridized carbons (Fsp3) is 0.111. The fourth-order valence-electron chi connectivity index (χ4n) is 1.30. The molecule has 1 aromatic carbocycles. The molecule has 1 aromatic heterocycles. The predicted octanol–water partition coefficient (Wildman–Crippen LogP) is 3.43. The monoisotopic (exact) mass is 272 g/mol. The van der Waals surface area contributed by atoms with Crippen LogP contribution in [-0.2, 0) is 4.57 Å². The van der Waals surface area contributed by atoms with Gasteiger partial charge in [-0.05, 0) is 0 Å². The van der Waals surface area contributed by atoms with Crippen LogP contribution in [0.15, 0.2) is 6.07 Å².